The zero-order valence-corrected chi connectivity index (χ0v) is 10.9. The highest BCUT2D eigenvalue weighted by Gasteiger charge is 2.29. The molecule has 0 aromatic carbocycles. The molecule has 1 aliphatic carbocycles. The Balaban J connectivity index is 1.84. The summed E-state index contributed by atoms with van der Waals surface area (Å²) in [7, 11) is 0. The fourth-order valence-electron chi connectivity index (χ4n) is 3.25. The van der Waals surface area contributed by atoms with Crippen LogP contribution in [-0.4, -0.2) is 24.8 Å². The van der Waals surface area contributed by atoms with Crippen LogP contribution in [0.1, 0.15) is 58.8 Å². The van der Waals surface area contributed by atoms with Crippen LogP contribution in [0.25, 0.3) is 0 Å². The van der Waals surface area contributed by atoms with Gasteiger partial charge in [-0.15, -0.1) is 0 Å². The first-order valence-electron chi connectivity index (χ1n) is 7.19. The maximum absolute atomic E-state index is 5.82. The predicted octanol–water partition coefficient (Wildman–Crippen LogP) is 3.11. The van der Waals surface area contributed by atoms with Gasteiger partial charge < -0.3 is 10.1 Å². The van der Waals surface area contributed by atoms with Gasteiger partial charge in [0.2, 0.25) is 0 Å². The summed E-state index contributed by atoms with van der Waals surface area (Å²) in [4.78, 5) is 0. The van der Waals surface area contributed by atoms with Crippen LogP contribution in [0.3, 0.4) is 0 Å². The molecule has 1 saturated heterocycles. The van der Waals surface area contributed by atoms with Crippen LogP contribution in [0, 0.1) is 5.92 Å². The van der Waals surface area contributed by atoms with Crippen LogP contribution in [0.4, 0.5) is 0 Å². The van der Waals surface area contributed by atoms with Crippen LogP contribution in [0.2, 0.25) is 0 Å². The predicted molar refractivity (Wildman–Crippen MR) is 67.6 cm³/mol. The second-order valence-corrected chi connectivity index (χ2v) is 5.60. The highest BCUT2D eigenvalue weighted by Crippen LogP contribution is 2.26. The van der Waals surface area contributed by atoms with Crippen molar-refractivity contribution in [1.82, 2.24) is 5.32 Å². The quantitative estimate of drug-likeness (QED) is 0.794. The molecule has 4 unspecified atom stereocenters. The van der Waals surface area contributed by atoms with Gasteiger partial charge >= 0.3 is 0 Å². The molecule has 1 saturated carbocycles. The lowest BCUT2D eigenvalue weighted by molar-refractivity contribution is 0.0665. The zero-order chi connectivity index (χ0) is 11.4. The minimum absolute atomic E-state index is 0.485. The maximum Gasteiger partial charge on any atom is 0.0728 e. The minimum Gasteiger partial charge on any atom is -0.377 e. The molecule has 1 aliphatic heterocycles. The minimum atomic E-state index is 0.485. The Morgan fingerprint density at radius 2 is 2.00 bits per heavy atom. The van der Waals surface area contributed by atoms with Crippen molar-refractivity contribution in [1.29, 1.82) is 0 Å². The summed E-state index contributed by atoms with van der Waals surface area (Å²) in [5, 5.41) is 3.87. The van der Waals surface area contributed by atoms with E-state index in [1.807, 2.05) is 0 Å². The van der Waals surface area contributed by atoms with Crippen molar-refractivity contribution in [3.8, 4) is 0 Å². The molecule has 1 N–H and O–H groups in total. The molecule has 4 atom stereocenters. The van der Waals surface area contributed by atoms with E-state index < -0.39 is 0 Å². The standard InChI is InChI=1S/C14H27NO/c1-3-12(14-9-6-10-16-14)15-13-8-5-4-7-11(13)2/h11-15H,3-10H2,1-2H3. The van der Waals surface area contributed by atoms with Crippen molar-refractivity contribution in [2.24, 2.45) is 5.92 Å². The Bertz CT molecular complexity index is 201. The summed E-state index contributed by atoms with van der Waals surface area (Å²) in [6.07, 6.45) is 9.80. The van der Waals surface area contributed by atoms with Gasteiger partial charge in [0.1, 0.15) is 0 Å². The van der Waals surface area contributed by atoms with Gasteiger partial charge in [0.25, 0.3) is 0 Å². The topological polar surface area (TPSA) is 21.3 Å². The first kappa shape index (κ1) is 12.4. The largest absolute Gasteiger partial charge is 0.377 e. The van der Waals surface area contributed by atoms with E-state index >= 15 is 0 Å². The Morgan fingerprint density at radius 3 is 2.62 bits per heavy atom. The molecule has 0 spiro atoms. The molecule has 2 aliphatic rings. The lowest BCUT2D eigenvalue weighted by Crippen LogP contribution is -2.48. The Hall–Kier alpha value is -0.0800. The van der Waals surface area contributed by atoms with Gasteiger partial charge in [-0.25, -0.2) is 0 Å². The monoisotopic (exact) mass is 225 g/mol. The van der Waals surface area contributed by atoms with Gasteiger partial charge in [-0.2, -0.15) is 0 Å². The van der Waals surface area contributed by atoms with E-state index in [4.69, 9.17) is 4.74 Å². The molecular formula is C14H27NO. The second-order valence-electron chi connectivity index (χ2n) is 5.60. The first-order chi connectivity index (χ1) is 7.81. The maximum atomic E-state index is 5.82. The van der Waals surface area contributed by atoms with Crippen molar-refractivity contribution in [3.63, 3.8) is 0 Å². The highest BCUT2D eigenvalue weighted by molar-refractivity contribution is 4.86. The van der Waals surface area contributed by atoms with Crippen LogP contribution < -0.4 is 5.32 Å². The molecule has 1 heterocycles. The van der Waals surface area contributed by atoms with Crippen molar-refractivity contribution in [2.45, 2.75) is 77.0 Å². The number of hydrogen-bond acceptors (Lipinski definition) is 2. The van der Waals surface area contributed by atoms with Gasteiger partial charge in [0.15, 0.2) is 0 Å². The van der Waals surface area contributed by atoms with E-state index in [1.165, 1.54) is 44.9 Å². The molecule has 0 amide bonds. The van der Waals surface area contributed by atoms with Crippen LogP contribution in [-0.2, 0) is 4.74 Å². The van der Waals surface area contributed by atoms with Crippen molar-refractivity contribution >= 4 is 0 Å². The first-order valence-corrected chi connectivity index (χ1v) is 7.19. The lowest BCUT2D eigenvalue weighted by Gasteiger charge is -2.35. The molecule has 0 aromatic heterocycles. The van der Waals surface area contributed by atoms with Crippen LogP contribution >= 0.6 is 0 Å². The average Bonchev–Trinajstić information content (AvgIpc) is 2.81. The summed E-state index contributed by atoms with van der Waals surface area (Å²) in [6, 6.07) is 1.33. The van der Waals surface area contributed by atoms with E-state index in [0.29, 0.717) is 12.1 Å². The molecule has 2 nitrogen and oxygen atoms in total. The Labute approximate surface area is 100 Å². The second kappa shape index (κ2) is 6.02. The normalized spacial score (nSPS) is 37.5. The van der Waals surface area contributed by atoms with E-state index in [0.717, 1.165) is 18.6 Å². The van der Waals surface area contributed by atoms with Crippen molar-refractivity contribution in [3.05, 3.63) is 0 Å². The Morgan fingerprint density at radius 1 is 1.19 bits per heavy atom. The average molecular weight is 225 g/mol. The Kier molecular flexibility index (Phi) is 4.66. The molecular weight excluding hydrogens is 198 g/mol. The summed E-state index contributed by atoms with van der Waals surface area (Å²) in [6.45, 7) is 5.66. The number of hydrogen-bond donors (Lipinski definition) is 1. The summed E-state index contributed by atoms with van der Waals surface area (Å²) in [5.41, 5.74) is 0. The van der Waals surface area contributed by atoms with E-state index in [-0.39, 0.29) is 0 Å². The van der Waals surface area contributed by atoms with Gasteiger partial charge in [-0.1, -0.05) is 26.7 Å². The van der Waals surface area contributed by atoms with Crippen molar-refractivity contribution < 1.29 is 4.74 Å². The van der Waals surface area contributed by atoms with Crippen molar-refractivity contribution in [2.75, 3.05) is 6.61 Å². The molecule has 94 valence electrons. The fraction of sp³-hybridized carbons (Fsp3) is 1.00. The van der Waals surface area contributed by atoms with E-state index in [9.17, 15) is 0 Å². The van der Waals surface area contributed by atoms with Gasteiger partial charge in [-0.05, 0) is 38.0 Å². The number of rotatable bonds is 4. The van der Waals surface area contributed by atoms with Gasteiger partial charge in [0, 0.05) is 18.7 Å². The number of nitrogens with one attached hydrogen (secondary N) is 1. The summed E-state index contributed by atoms with van der Waals surface area (Å²) in [5.74, 6) is 0.851. The van der Waals surface area contributed by atoms with Crippen LogP contribution in [0.15, 0.2) is 0 Å². The molecule has 16 heavy (non-hydrogen) atoms. The summed E-state index contributed by atoms with van der Waals surface area (Å²) >= 11 is 0. The van der Waals surface area contributed by atoms with Crippen LogP contribution in [0.5, 0.6) is 0 Å². The van der Waals surface area contributed by atoms with Gasteiger partial charge in [0.05, 0.1) is 6.10 Å². The van der Waals surface area contributed by atoms with E-state index in [1.54, 1.807) is 0 Å². The number of ether oxygens (including phenoxy) is 1. The van der Waals surface area contributed by atoms with Gasteiger partial charge in [-0.3, -0.25) is 0 Å². The SMILES string of the molecule is CCC(NC1CCCCC1C)C1CCCO1. The summed E-state index contributed by atoms with van der Waals surface area (Å²) < 4.78 is 5.82. The lowest BCUT2D eigenvalue weighted by atomic mass is 9.85. The molecule has 2 rings (SSSR count). The third-order valence-corrected chi connectivity index (χ3v) is 4.39. The van der Waals surface area contributed by atoms with E-state index in [2.05, 4.69) is 19.2 Å². The third-order valence-electron chi connectivity index (χ3n) is 4.39. The molecule has 0 radical (unpaired) electrons. The third kappa shape index (κ3) is 2.98. The molecule has 0 aromatic rings. The smallest absolute Gasteiger partial charge is 0.0728 e. The fourth-order valence-corrected chi connectivity index (χ4v) is 3.25. The molecule has 2 heteroatoms. The highest BCUT2D eigenvalue weighted by atomic mass is 16.5. The molecule has 0 bridgehead atoms. The molecule has 2 fully saturated rings. The zero-order valence-electron chi connectivity index (χ0n) is 10.9.